The van der Waals surface area contributed by atoms with E-state index in [2.05, 4.69) is 25.8 Å². The number of aromatic nitrogens is 3. The Kier molecular flexibility index (Phi) is 6.26. The highest BCUT2D eigenvalue weighted by Gasteiger charge is 2.35. The van der Waals surface area contributed by atoms with Crippen molar-refractivity contribution in [1.29, 1.82) is 0 Å². The summed E-state index contributed by atoms with van der Waals surface area (Å²) in [6.45, 7) is 0. The van der Waals surface area contributed by atoms with Crippen LogP contribution in [-0.4, -0.2) is 32.7 Å². The molecule has 0 saturated carbocycles. The molecule has 0 aliphatic carbocycles. The monoisotopic (exact) mass is 445 g/mol. The molecule has 0 unspecified atom stereocenters. The van der Waals surface area contributed by atoms with Gasteiger partial charge in [-0.25, -0.2) is 4.98 Å². The van der Waals surface area contributed by atoms with Crippen LogP contribution in [0.5, 0.6) is 0 Å². The number of halogens is 3. The number of nitrogens with one attached hydrogen (secondary N) is 2. The van der Waals surface area contributed by atoms with E-state index in [1.54, 1.807) is 11.6 Å². The van der Waals surface area contributed by atoms with Gasteiger partial charge < -0.3 is 5.32 Å². The summed E-state index contributed by atoms with van der Waals surface area (Å²) in [4.78, 5) is 27.9. The Bertz CT molecular complexity index is 975. The van der Waals surface area contributed by atoms with Crippen molar-refractivity contribution >= 4 is 56.5 Å². The highest BCUT2D eigenvalue weighted by molar-refractivity contribution is 8.01. The molecule has 2 aromatic heterocycles. The third-order valence-corrected chi connectivity index (χ3v) is 5.77. The number of nitrogens with zero attached hydrogens (tertiary/aromatic N) is 3. The van der Waals surface area contributed by atoms with Gasteiger partial charge in [0.1, 0.15) is 0 Å². The molecule has 0 radical (unpaired) electrons. The largest absolute Gasteiger partial charge is 0.417 e. The zero-order valence-electron chi connectivity index (χ0n) is 13.7. The number of hydrogen-bond acceptors (Lipinski definition) is 8. The molecule has 0 fully saturated rings. The average molecular weight is 445 g/mol. The first-order chi connectivity index (χ1) is 13.3. The summed E-state index contributed by atoms with van der Waals surface area (Å²) >= 11 is 3.31. The topological polar surface area (TPSA) is 96.9 Å². The Morgan fingerprint density at radius 2 is 1.89 bits per heavy atom. The van der Waals surface area contributed by atoms with Gasteiger partial charge in [-0.3, -0.25) is 14.9 Å². The van der Waals surface area contributed by atoms with Crippen LogP contribution >= 0.6 is 34.4 Å². The Balaban J connectivity index is 1.59. The molecule has 0 saturated heterocycles. The summed E-state index contributed by atoms with van der Waals surface area (Å²) in [5.41, 5.74) is -1.55. The van der Waals surface area contributed by atoms with Crippen LogP contribution in [0, 0.1) is 0 Å². The number of carbonyl (C=O) groups is 2. The number of anilines is 2. The first kappa shape index (κ1) is 20.2. The number of rotatable bonds is 6. The molecular formula is C15H10F3N5O2S3. The Labute approximate surface area is 168 Å². The van der Waals surface area contributed by atoms with Gasteiger partial charge in [0.15, 0.2) is 9.47 Å². The lowest BCUT2D eigenvalue weighted by Crippen LogP contribution is -2.18. The molecule has 7 nitrogen and oxygen atoms in total. The third-order valence-electron chi connectivity index (χ3n) is 3.11. The van der Waals surface area contributed by atoms with Crippen molar-refractivity contribution in [3.8, 4) is 0 Å². The van der Waals surface area contributed by atoms with E-state index >= 15 is 0 Å². The molecule has 0 aliphatic rings. The van der Waals surface area contributed by atoms with Crippen LogP contribution in [0.25, 0.3) is 0 Å². The molecule has 1 aromatic carbocycles. The van der Waals surface area contributed by atoms with E-state index in [1.807, 2.05) is 0 Å². The van der Waals surface area contributed by atoms with Crippen LogP contribution in [-0.2, 0) is 11.0 Å². The van der Waals surface area contributed by atoms with E-state index in [1.165, 1.54) is 23.5 Å². The smallest absolute Gasteiger partial charge is 0.301 e. The Morgan fingerprint density at radius 3 is 2.61 bits per heavy atom. The third kappa shape index (κ3) is 5.27. The first-order valence-corrected chi connectivity index (χ1v) is 10.1. The number of thiazole rings is 1. The Morgan fingerprint density at radius 1 is 1.11 bits per heavy atom. The van der Waals surface area contributed by atoms with Gasteiger partial charge in [0.2, 0.25) is 11.0 Å². The molecule has 2 heterocycles. The van der Waals surface area contributed by atoms with E-state index in [0.29, 0.717) is 9.47 Å². The maximum absolute atomic E-state index is 13.0. The van der Waals surface area contributed by atoms with Crippen LogP contribution in [0.4, 0.5) is 23.4 Å². The summed E-state index contributed by atoms with van der Waals surface area (Å²) in [5.74, 6) is -1.19. The number of alkyl halides is 3. The quantitative estimate of drug-likeness (QED) is 0.440. The molecule has 2 amide bonds. The van der Waals surface area contributed by atoms with Crippen LogP contribution in [0.3, 0.4) is 0 Å². The minimum Gasteiger partial charge on any atom is -0.301 e. The lowest BCUT2D eigenvalue weighted by molar-refractivity contribution is -0.137. The van der Waals surface area contributed by atoms with Crippen molar-refractivity contribution in [2.75, 3.05) is 16.4 Å². The molecule has 2 N–H and O–H groups in total. The van der Waals surface area contributed by atoms with Gasteiger partial charge in [-0.15, -0.1) is 21.5 Å². The summed E-state index contributed by atoms with van der Waals surface area (Å²) < 4.78 is 39.4. The zero-order chi connectivity index (χ0) is 20.1. The van der Waals surface area contributed by atoms with E-state index in [4.69, 9.17) is 0 Å². The highest BCUT2D eigenvalue weighted by atomic mass is 32.2. The molecule has 0 atom stereocenters. The SMILES string of the molecule is O=C(CSc1nnc(NC(=O)c2ccccc2C(F)(F)F)s1)Nc1nccs1. The van der Waals surface area contributed by atoms with Gasteiger partial charge in [0.25, 0.3) is 5.91 Å². The van der Waals surface area contributed by atoms with E-state index in [0.717, 1.165) is 35.2 Å². The molecule has 3 aromatic rings. The lowest BCUT2D eigenvalue weighted by Gasteiger charge is -2.11. The number of thioether (sulfide) groups is 1. The minimum atomic E-state index is -4.65. The predicted molar refractivity (Wildman–Crippen MR) is 101 cm³/mol. The van der Waals surface area contributed by atoms with Crippen LogP contribution in [0.1, 0.15) is 15.9 Å². The number of carbonyl (C=O) groups excluding carboxylic acids is 2. The molecule has 0 spiro atoms. The van der Waals surface area contributed by atoms with Crippen molar-refractivity contribution in [2.45, 2.75) is 10.5 Å². The molecular weight excluding hydrogens is 435 g/mol. The summed E-state index contributed by atoms with van der Waals surface area (Å²) in [7, 11) is 0. The predicted octanol–water partition coefficient (Wildman–Crippen LogP) is 4.00. The molecule has 28 heavy (non-hydrogen) atoms. The fourth-order valence-corrected chi connectivity index (χ4v) is 4.07. The zero-order valence-corrected chi connectivity index (χ0v) is 16.1. The first-order valence-electron chi connectivity index (χ1n) is 7.46. The van der Waals surface area contributed by atoms with Gasteiger partial charge >= 0.3 is 6.18 Å². The highest BCUT2D eigenvalue weighted by Crippen LogP contribution is 2.32. The van der Waals surface area contributed by atoms with Crippen molar-refractivity contribution in [1.82, 2.24) is 15.2 Å². The maximum Gasteiger partial charge on any atom is 0.417 e. The van der Waals surface area contributed by atoms with Gasteiger partial charge in [0.05, 0.1) is 16.9 Å². The van der Waals surface area contributed by atoms with Crippen molar-refractivity contribution in [3.63, 3.8) is 0 Å². The second-order valence-corrected chi connectivity index (χ2v) is 8.14. The van der Waals surface area contributed by atoms with Gasteiger partial charge in [-0.2, -0.15) is 13.2 Å². The molecule has 3 rings (SSSR count). The van der Waals surface area contributed by atoms with Crippen LogP contribution < -0.4 is 10.6 Å². The van der Waals surface area contributed by atoms with E-state index in [9.17, 15) is 22.8 Å². The fraction of sp³-hybridized carbons (Fsp3) is 0.133. The van der Waals surface area contributed by atoms with E-state index < -0.39 is 23.2 Å². The number of hydrogen-bond donors (Lipinski definition) is 2. The summed E-state index contributed by atoms with van der Waals surface area (Å²) in [5, 5.41) is 14.6. The summed E-state index contributed by atoms with van der Waals surface area (Å²) in [6, 6.07) is 4.46. The van der Waals surface area contributed by atoms with Crippen molar-refractivity contribution in [2.24, 2.45) is 0 Å². The second-order valence-electron chi connectivity index (χ2n) is 5.04. The molecule has 0 bridgehead atoms. The van der Waals surface area contributed by atoms with Crippen molar-refractivity contribution in [3.05, 3.63) is 47.0 Å². The lowest BCUT2D eigenvalue weighted by atomic mass is 10.1. The second kappa shape index (κ2) is 8.67. The van der Waals surface area contributed by atoms with Gasteiger partial charge in [0, 0.05) is 11.6 Å². The van der Waals surface area contributed by atoms with Gasteiger partial charge in [-0.05, 0) is 12.1 Å². The molecule has 0 aliphatic heterocycles. The Hall–Kier alpha value is -2.51. The van der Waals surface area contributed by atoms with Gasteiger partial charge in [-0.1, -0.05) is 35.2 Å². The van der Waals surface area contributed by atoms with E-state index in [-0.39, 0.29) is 16.8 Å². The van der Waals surface area contributed by atoms with Crippen LogP contribution in [0.2, 0.25) is 0 Å². The minimum absolute atomic E-state index is 0.0322. The number of benzene rings is 1. The molecule has 146 valence electrons. The van der Waals surface area contributed by atoms with Crippen LogP contribution in [0.15, 0.2) is 40.2 Å². The fourth-order valence-electron chi connectivity index (χ4n) is 1.98. The standard InChI is InChI=1S/C15H10F3N5O2S3/c16-15(17,18)9-4-2-1-3-8(9)11(25)21-13-22-23-14(28-13)27-7-10(24)20-12-19-5-6-26-12/h1-6H,7H2,(H,19,20,24)(H,21,22,25). The normalized spacial score (nSPS) is 11.2. The maximum atomic E-state index is 13.0. The van der Waals surface area contributed by atoms with Crippen molar-refractivity contribution < 1.29 is 22.8 Å². The average Bonchev–Trinajstić information content (AvgIpc) is 3.31. The molecule has 13 heteroatoms. The number of amides is 2. The summed E-state index contributed by atoms with van der Waals surface area (Å²) in [6.07, 6.45) is -3.09.